The lowest BCUT2D eigenvalue weighted by atomic mass is 10.2. The Labute approximate surface area is 143 Å². The minimum atomic E-state index is -0.219. The highest BCUT2D eigenvalue weighted by Crippen LogP contribution is 2.11. The van der Waals surface area contributed by atoms with Crippen molar-refractivity contribution in [3.05, 3.63) is 52.6 Å². The van der Waals surface area contributed by atoms with E-state index in [4.69, 9.17) is 4.74 Å². The van der Waals surface area contributed by atoms with Gasteiger partial charge in [0.2, 0.25) is 5.88 Å². The van der Waals surface area contributed by atoms with Gasteiger partial charge in [0.15, 0.2) is 0 Å². The van der Waals surface area contributed by atoms with Crippen LogP contribution in [0.3, 0.4) is 0 Å². The van der Waals surface area contributed by atoms with E-state index in [9.17, 15) is 4.79 Å². The number of nitrogens with zero attached hydrogens (tertiary/aromatic N) is 4. The maximum absolute atomic E-state index is 12.1. The number of thiophene rings is 1. The van der Waals surface area contributed by atoms with Crippen molar-refractivity contribution in [2.24, 2.45) is 0 Å². The summed E-state index contributed by atoms with van der Waals surface area (Å²) >= 11 is 1.59. The number of aromatic nitrogens is 4. The predicted molar refractivity (Wildman–Crippen MR) is 90.4 cm³/mol. The summed E-state index contributed by atoms with van der Waals surface area (Å²) in [5.41, 5.74) is 2.11. The van der Waals surface area contributed by atoms with Gasteiger partial charge in [0.1, 0.15) is 5.69 Å². The molecule has 0 radical (unpaired) electrons. The van der Waals surface area contributed by atoms with Crippen LogP contribution in [0, 0.1) is 0 Å². The van der Waals surface area contributed by atoms with E-state index in [2.05, 4.69) is 20.6 Å². The van der Waals surface area contributed by atoms with Gasteiger partial charge >= 0.3 is 0 Å². The summed E-state index contributed by atoms with van der Waals surface area (Å²) in [6.45, 7) is 4.14. The standard InChI is InChI=1S/C16H17N5O2S/c1-11(2)23-15-4-3-12(7-17-15)16(22)18-8-13-9-21(20-19-13)14-5-6-24-10-14/h3-7,9-11H,8H2,1-2H3,(H,18,22). The van der Waals surface area contributed by atoms with Crippen LogP contribution in [0.4, 0.5) is 0 Å². The molecular weight excluding hydrogens is 326 g/mol. The number of pyridine rings is 1. The maximum atomic E-state index is 12.1. The molecular formula is C16H17N5O2S. The van der Waals surface area contributed by atoms with E-state index in [1.165, 1.54) is 6.20 Å². The third-order valence-electron chi connectivity index (χ3n) is 3.10. The van der Waals surface area contributed by atoms with E-state index >= 15 is 0 Å². The summed E-state index contributed by atoms with van der Waals surface area (Å²) in [4.78, 5) is 16.3. The van der Waals surface area contributed by atoms with Crippen LogP contribution < -0.4 is 10.1 Å². The zero-order valence-corrected chi connectivity index (χ0v) is 14.2. The third-order valence-corrected chi connectivity index (χ3v) is 3.77. The van der Waals surface area contributed by atoms with Crippen molar-refractivity contribution in [1.82, 2.24) is 25.3 Å². The molecule has 0 atom stereocenters. The Balaban J connectivity index is 1.57. The van der Waals surface area contributed by atoms with Crippen LogP contribution in [0.2, 0.25) is 0 Å². The Hall–Kier alpha value is -2.74. The smallest absolute Gasteiger partial charge is 0.253 e. The highest BCUT2D eigenvalue weighted by atomic mass is 32.1. The summed E-state index contributed by atoms with van der Waals surface area (Å²) in [6, 6.07) is 5.32. The molecule has 3 aromatic rings. The molecule has 0 bridgehead atoms. The van der Waals surface area contributed by atoms with Crippen molar-refractivity contribution in [3.8, 4) is 11.6 Å². The zero-order chi connectivity index (χ0) is 16.9. The summed E-state index contributed by atoms with van der Waals surface area (Å²) in [7, 11) is 0. The molecule has 0 saturated heterocycles. The van der Waals surface area contributed by atoms with E-state index in [1.807, 2.05) is 30.7 Å². The molecule has 124 valence electrons. The van der Waals surface area contributed by atoms with Gasteiger partial charge in [-0.15, -0.1) is 5.10 Å². The van der Waals surface area contributed by atoms with E-state index in [1.54, 1.807) is 34.3 Å². The number of hydrogen-bond acceptors (Lipinski definition) is 6. The molecule has 0 fully saturated rings. The van der Waals surface area contributed by atoms with Crippen molar-refractivity contribution < 1.29 is 9.53 Å². The summed E-state index contributed by atoms with van der Waals surface area (Å²) in [5.74, 6) is 0.281. The van der Waals surface area contributed by atoms with E-state index < -0.39 is 0 Å². The van der Waals surface area contributed by atoms with E-state index in [-0.39, 0.29) is 12.0 Å². The quantitative estimate of drug-likeness (QED) is 0.743. The van der Waals surface area contributed by atoms with Gasteiger partial charge < -0.3 is 10.1 Å². The molecule has 1 amide bonds. The van der Waals surface area contributed by atoms with Crippen LogP contribution >= 0.6 is 11.3 Å². The van der Waals surface area contributed by atoms with Crippen LogP contribution in [-0.2, 0) is 6.54 Å². The number of hydrogen-bond donors (Lipinski definition) is 1. The average Bonchev–Trinajstić information content (AvgIpc) is 3.24. The molecule has 3 aromatic heterocycles. The first-order valence-electron chi connectivity index (χ1n) is 7.46. The Morgan fingerprint density at radius 2 is 2.25 bits per heavy atom. The fourth-order valence-electron chi connectivity index (χ4n) is 1.99. The van der Waals surface area contributed by atoms with Crippen LogP contribution in [0.25, 0.3) is 5.69 Å². The molecule has 0 aliphatic carbocycles. The molecule has 0 aromatic carbocycles. The second-order valence-electron chi connectivity index (χ2n) is 5.37. The molecule has 0 spiro atoms. The number of ether oxygens (including phenoxy) is 1. The SMILES string of the molecule is CC(C)Oc1ccc(C(=O)NCc2cn(-c3ccsc3)nn2)cn1. The van der Waals surface area contributed by atoms with Crippen molar-refractivity contribution in [2.45, 2.75) is 26.5 Å². The van der Waals surface area contributed by atoms with Crippen molar-refractivity contribution in [3.63, 3.8) is 0 Å². The van der Waals surface area contributed by atoms with Gasteiger partial charge in [0.05, 0.1) is 30.1 Å². The average molecular weight is 343 g/mol. The van der Waals surface area contributed by atoms with Crippen LogP contribution in [0.1, 0.15) is 29.9 Å². The molecule has 8 heteroatoms. The minimum absolute atomic E-state index is 0.0445. The highest BCUT2D eigenvalue weighted by molar-refractivity contribution is 7.08. The van der Waals surface area contributed by atoms with Crippen LogP contribution in [0.5, 0.6) is 5.88 Å². The minimum Gasteiger partial charge on any atom is -0.475 e. The normalized spacial score (nSPS) is 10.8. The fourth-order valence-corrected chi connectivity index (χ4v) is 2.61. The predicted octanol–water partition coefficient (Wildman–Crippen LogP) is 2.44. The van der Waals surface area contributed by atoms with Crippen molar-refractivity contribution in [1.29, 1.82) is 0 Å². The Morgan fingerprint density at radius 1 is 1.38 bits per heavy atom. The van der Waals surface area contributed by atoms with Crippen molar-refractivity contribution >= 4 is 17.2 Å². The summed E-state index contributed by atoms with van der Waals surface area (Å²) in [6.07, 6.45) is 3.33. The number of amides is 1. The fraction of sp³-hybridized carbons (Fsp3) is 0.250. The first-order valence-corrected chi connectivity index (χ1v) is 8.41. The first kappa shape index (κ1) is 16.1. The van der Waals surface area contributed by atoms with Gasteiger partial charge in [-0.1, -0.05) is 5.21 Å². The Bertz CT molecular complexity index is 796. The lowest BCUT2D eigenvalue weighted by Crippen LogP contribution is -2.23. The Kier molecular flexibility index (Phi) is 4.85. The van der Waals surface area contributed by atoms with E-state index in [0.29, 0.717) is 23.7 Å². The second-order valence-corrected chi connectivity index (χ2v) is 6.15. The summed E-state index contributed by atoms with van der Waals surface area (Å²) in [5, 5.41) is 14.8. The van der Waals surface area contributed by atoms with Crippen LogP contribution in [0.15, 0.2) is 41.4 Å². The van der Waals surface area contributed by atoms with Gasteiger partial charge in [-0.25, -0.2) is 9.67 Å². The van der Waals surface area contributed by atoms with Crippen LogP contribution in [-0.4, -0.2) is 32.0 Å². The third kappa shape index (κ3) is 3.96. The number of carbonyl (C=O) groups is 1. The molecule has 1 N–H and O–H groups in total. The second kappa shape index (κ2) is 7.22. The maximum Gasteiger partial charge on any atom is 0.253 e. The molecule has 0 aliphatic rings. The molecule has 3 heterocycles. The first-order chi connectivity index (χ1) is 11.6. The van der Waals surface area contributed by atoms with Gasteiger partial charge in [-0.2, -0.15) is 11.3 Å². The lowest BCUT2D eigenvalue weighted by Gasteiger charge is -2.08. The molecule has 0 saturated carbocycles. The highest BCUT2D eigenvalue weighted by Gasteiger charge is 2.09. The Morgan fingerprint density at radius 3 is 2.92 bits per heavy atom. The number of carbonyl (C=O) groups excluding carboxylic acids is 1. The number of nitrogens with one attached hydrogen (secondary N) is 1. The molecule has 0 aliphatic heterocycles. The molecule has 0 unspecified atom stereocenters. The molecule has 7 nitrogen and oxygen atoms in total. The van der Waals surface area contributed by atoms with Gasteiger partial charge in [0, 0.05) is 17.6 Å². The largest absolute Gasteiger partial charge is 0.475 e. The lowest BCUT2D eigenvalue weighted by molar-refractivity contribution is 0.0950. The monoisotopic (exact) mass is 343 g/mol. The zero-order valence-electron chi connectivity index (χ0n) is 13.3. The topological polar surface area (TPSA) is 81.9 Å². The van der Waals surface area contributed by atoms with Crippen molar-refractivity contribution in [2.75, 3.05) is 0 Å². The number of rotatable bonds is 6. The van der Waals surface area contributed by atoms with Gasteiger partial charge in [-0.05, 0) is 31.4 Å². The molecule has 24 heavy (non-hydrogen) atoms. The summed E-state index contributed by atoms with van der Waals surface area (Å²) < 4.78 is 7.13. The van der Waals surface area contributed by atoms with Gasteiger partial charge in [-0.3, -0.25) is 4.79 Å². The van der Waals surface area contributed by atoms with Gasteiger partial charge in [0.25, 0.3) is 5.91 Å². The molecule has 3 rings (SSSR count). The van der Waals surface area contributed by atoms with E-state index in [0.717, 1.165) is 5.69 Å².